The average molecular weight is 197 g/mol. The highest BCUT2D eigenvalue weighted by Gasteiger charge is 2.28. The predicted molar refractivity (Wildman–Crippen MR) is 51.1 cm³/mol. The van der Waals surface area contributed by atoms with Gasteiger partial charge in [0, 0.05) is 0 Å². The lowest BCUT2D eigenvalue weighted by atomic mass is 9.94. The maximum absolute atomic E-state index is 11.0. The first-order valence-corrected chi connectivity index (χ1v) is 4.36. The number of hydrogen-bond acceptors (Lipinski definition) is 4. The molecule has 1 heterocycles. The Morgan fingerprint density at radius 1 is 1.71 bits per heavy atom. The third kappa shape index (κ3) is 2.29. The lowest BCUT2D eigenvalue weighted by Gasteiger charge is -2.24. The van der Waals surface area contributed by atoms with Crippen molar-refractivity contribution in [1.29, 1.82) is 0 Å². The van der Waals surface area contributed by atoms with E-state index >= 15 is 0 Å². The first kappa shape index (κ1) is 10.6. The van der Waals surface area contributed by atoms with Crippen molar-refractivity contribution in [3.63, 3.8) is 0 Å². The first-order chi connectivity index (χ1) is 6.43. The molecule has 0 bridgehead atoms. The van der Waals surface area contributed by atoms with Crippen LogP contribution < -0.4 is 11.5 Å². The van der Waals surface area contributed by atoms with Gasteiger partial charge in [0.1, 0.15) is 12.7 Å². The molecule has 6 heteroatoms. The number of primary amides is 1. The van der Waals surface area contributed by atoms with Gasteiger partial charge in [-0.2, -0.15) is 5.10 Å². The number of amides is 1. The van der Waals surface area contributed by atoms with E-state index in [0.29, 0.717) is 6.42 Å². The van der Waals surface area contributed by atoms with Crippen LogP contribution in [0.1, 0.15) is 26.3 Å². The zero-order valence-electron chi connectivity index (χ0n) is 8.34. The fourth-order valence-corrected chi connectivity index (χ4v) is 1.25. The van der Waals surface area contributed by atoms with Gasteiger partial charge >= 0.3 is 0 Å². The molecule has 78 valence electrons. The van der Waals surface area contributed by atoms with Crippen LogP contribution in [-0.4, -0.2) is 26.2 Å². The van der Waals surface area contributed by atoms with Crippen LogP contribution in [0.5, 0.6) is 0 Å². The van der Waals surface area contributed by atoms with Crippen molar-refractivity contribution in [2.75, 3.05) is 0 Å². The molecule has 1 amide bonds. The van der Waals surface area contributed by atoms with Crippen LogP contribution in [0.2, 0.25) is 0 Å². The molecular weight excluding hydrogens is 182 g/mol. The molecule has 0 aromatic carbocycles. The molecule has 0 aliphatic heterocycles. The van der Waals surface area contributed by atoms with Crippen LogP contribution in [0.3, 0.4) is 0 Å². The first-order valence-electron chi connectivity index (χ1n) is 4.36. The summed E-state index contributed by atoms with van der Waals surface area (Å²) in [6, 6.07) is -0.000000000000000444. The van der Waals surface area contributed by atoms with Gasteiger partial charge in [-0.05, 0) is 20.3 Å². The molecule has 0 fully saturated rings. The summed E-state index contributed by atoms with van der Waals surface area (Å²) in [4.78, 5) is 14.8. The molecule has 1 rings (SSSR count). The van der Waals surface area contributed by atoms with E-state index in [4.69, 9.17) is 11.5 Å². The number of carbonyl (C=O) groups is 1. The molecule has 2 atom stereocenters. The molecule has 1 aromatic rings. The summed E-state index contributed by atoms with van der Waals surface area (Å²) in [5, 5.41) is 3.96. The number of aromatic nitrogens is 3. The van der Waals surface area contributed by atoms with Crippen LogP contribution in [0, 0.1) is 0 Å². The van der Waals surface area contributed by atoms with Crippen LogP contribution >= 0.6 is 0 Å². The average Bonchev–Trinajstić information content (AvgIpc) is 2.54. The van der Waals surface area contributed by atoms with Gasteiger partial charge in [0.05, 0.1) is 11.6 Å². The van der Waals surface area contributed by atoms with Crippen molar-refractivity contribution in [2.45, 2.75) is 31.8 Å². The van der Waals surface area contributed by atoms with Crippen molar-refractivity contribution in [1.82, 2.24) is 14.8 Å². The Balaban J connectivity index is 2.66. The van der Waals surface area contributed by atoms with Gasteiger partial charge in [-0.3, -0.25) is 9.48 Å². The number of hydrogen-bond donors (Lipinski definition) is 2. The normalized spacial score (nSPS) is 17.4. The Morgan fingerprint density at radius 3 is 2.79 bits per heavy atom. The summed E-state index contributed by atoms with van der Waals surface area (Å²) >= 11 is 0. The zero-order valence-corrected chi connectivity index (χ0v) is 8.34. The topological polar surface area (TPSA) is 99.8 Å². The van der Waals surface area contributed by atoms with Crippen molar-refractivity contribution in [3.8, 4) is 0 Å². The molecule has 0 saturated carbocycles. The molecule has 4 N–H and O–H groups in total. The molecular formula is C8H15N5O. The molecule has 0 spiro atoms. The number of rotatable bonds is 4. The molecule has 0 aliphatic carbocycles. The van der Waals surface area contributed by atoms with Crippen molar-refractivity contribution in [3.05, 3.63) is 12.7 Å². The van der Waals surface area contributed by atoms with E-state index in [-0.39, 0.29) is 6.04 Å². The highest BCUT2D eigenvalue weighted by Crippen LogP contribution is 2.16. The van der Waals surface area contributed by atoms with E-state index < -0.39 is 11.4 Å². The van der Waals surface area contributed by atoms with Gasteiger partial charge < -0.3 is 11.5 Å². The van der Waals surface area contributed by atoms with E-state index in [2.05, 4.69) is 10.1 Å². The second kappa shape index (κ2) is 3.75. The Morgan fingerprint density at radius 2 is 2.36 bits per heavy atom. The molecule has 2 unspecified atom stereocenters. The summed E-state index contributed by atoms with van der Waals surface area (Å²) in [7, 11) is 0. The lowest BCUT2D eigenvalue weighted by molar-refractivity contribution is -0.123. The van der Waals surface area contributed by atoms with Crippen LogP contribution in [0.4, 0.5) is 0 Å². The third-order valence-corrected chi connectivity index (χ3v) is 2.17. The monoisotopic (exact) mass is 197 g/mol. The van der Waals surface area contributed by atoms with E-state index in [0.717, 1.165) is 0 Å². The summed E-state index contributed by atoms with van der Waals surface area (Å²) in [5.41, 5.74) is 9.88. The van der Waals surface area contributed by atoms with Gasteiger partial charge in [0.2, 0.25) is 5.91 Å². The van der Waals surface area contributed by atoms with Crippen LogP contribution in [-0.2, 0) is 4.79 Å². The van der Waals surface area contributed by atoms with E-state index in [9.17, 15) is 4.79 Å². The van der Waals surface area contributed by atoms with Gasteiger partial charge in [0.25, 0.3) is 0 Å². The largest absolute Gasteiger partial charge is 0.368 e. The number of carbonyl (C=O) groups excluding carboxylic acids is 1. The van der Waals surface area contributed by atoms with Crippen LogP contribution in [0.15, 0.2) is 12.7 Å². The maximum Gasteiger partial charge on any atom is 0.237 e. The molecule has 1 aromatic heterocycles. The van der Waals surface area contributed by atoms with Crippen molar-refractivity contribution in [2.24, 2.45) is 11.5 Å². The molecule has 14 heavy (non-hydrogen) atoms. The zero-order chi connectivity index (χ0) is 10.8. The molecule has 0 saturated heterocycles. The fourth-order valence-electron chi connectivity index (χ4n) is 1.25. The highest BCUT2D eigenvalue weighted by atomic mass is 16.1. The predicted octanol–water partition coefficient (Wildman–Crippen LogP) is -0.568. The minimum Gasteiger partial charge on any atom is -0.368 e. The molecule has 6 nitrogen and oxygen atoms in total. The quantitative estimate of drug-likeness (QED) is 0.675. The maximum atomic E-state index is 11.0. The minimum absolute atomic E-state index is 0.000000000000000444. The second-order valence-corrected chi connectivity index (χ2v) is 3.71. The van der Waals surface area contributed by atoms with E-state index in [1.165, 1.54) is 6.33 Å². The number of nitrogens with two attached hydrogens (primary N) is 2. The second-order valence-electron chi connectivity index (χ2n) is 3.71. The number of nitrogens with zero attached hydrogens (tertiary/aromatic N) is 3. The van der Waals surface area contributed by atoms with Gasteiger partial charge in [-0.25, -0.2) is 4.98 Å². The Bertz CT molecular complexity index is 306. The van der Waals surface area contributed by atoms with Gasteiger partial charge in [-0.1, -0.05) is 0 Å². The summed E-state index contributed by atoms with van der Waals surface area (Å²) in [6.07, 6.45) is 3.46. The standard InChI is InChI=1S/C8H15N5O/c1-6(13-5-11-4-12-13)3-8(2,10)7(9)14/h4-6H,3,10H2,1-2H3,(H2,9,14). The van der Waals surface area contributed by atoms with Gasteiger partial charge in [0.15, 0.2) is 0 Å². The third-order valence-electron chi connectivity index (χ3n) is 2.17. The highest BCUT2D eigenvalue weighted by molar-refractivity contribution is 5.83. The van der Waals surface area contributed by atoms with E-state index in [1.807, 2.05) is 6.92 Å². The summed E-state index contributed by atoms with van der Waals surface area (Å²) in [5.74, 6) is -0.510. The SMILES string of the molecule is CC(CC(C)(N)C(N)=O)n1cncn1. The molecule has 0 aliphatic rings. The van der Waals surface area contributed by atoms with Gasteiger partial charge in [-0.15, -0.1) is 0 Å². The smallest absolute Gasteiger partial charge is 0.237 e. The lowest BCUT2D eigenvalue weighted by Crippen LogP contribution is -2.50. The van der Waals surface area contributed by atoms with Crippen LogP contribution in [0.25, 0.3) is 0 Å². The Kier molecular flexibility index (Phi) is 2.85. The Labute approximate surface area is 82.3 Å². The van der Waals surface area contributed by atoms with Crippen molar-refractivity contribution < 1.29 is 4.79 Å². The van der Waals surface area contributed by atoms with E-state index in [1.54, 1.807) is 17.9 Å². The van der Waals surface area contributed by atoms with Crippen molar-refractivity contribution >= 4 is 5.91 Å². The minimum atomic E-state index is -1.01. The summed E-state index contributed by atoms with van der Waals surface area (Å²) < 4.78 is 1.65. The fraction of sp³-hybridized carbons (Fsp3) is 0.625. The summed E-state index contributed by atoms with van der Waals surface area (Å²) in [6.45, 7) is 3.52. The molecule has 0 radical (unpaired) electrons. The Hall–Kier alpha value is -1.43.